The van der Waals surface area contributed by atoms with Crippen molar-refractivity contribution in [3.8, 4) is 0 Å². The third-order valence-electron chi connectivity index (χ3n) is 1.88. The normalized spacial score (nSPS) is 14.5. The van der Waals surface area contributed by atoms with Crippen molar-refractivity contribution in [2.24, 2.45) is 0 Å². The summed E-state index contributed by atoms with van der Waals surface area (Å²) in [6.07, 6.45) is 4.23. The summed E-state index contributed by atoms with van der Waals surface area (Å²) in [6.45, 7) is 0.411. The topological polar surface area (TPSA) is 56.3 Å². The Labute approximate surface area is 69.1 Å². The van der Waals surface area contributed by atoms with Crippen LogP contribution >= 0.6 is 0 Å². The van der Waals surface area contributed by atoms with Gasteiger partial charge in [0.25, 0.3) is 0 Å². The minimum absolute atomic E-state index is 0.411. The molecular formula is C8H8N2O2. The van der Waals surface area contributed by atoms with Crippen LogP contribution in [0.2, 0.25) is 0 Å². The van der Waals surface area contributed by atoms with Crippen LogP contribution in [0.5, 0.6) is 0 Å². The number of rotatable bonds is 0. The molecule has 0 atom stereocenters. The van der Waals surface area contributed by atoms with E-state index >= 15 is 0 Å². The van der Waals surface area contributed by atoms with E-state index in [4.69, 9.17) is 5.11 Å². The number of H-pyrrole nitrogens is 1. The van der Waals surface area contributed by atoms with Gasteiger partial charge in [-0.05, 0) is 17.7 Å². The summed E-state index contributed by atoms with van der Waals surface area (Å²) >= 11 is 0. The molecule has 0 aromatic carbocycles. The molecule has 1 aliphatic heterocycles. The predicted molar refractivity (Wildman–Crippen MR) is 43.4 cm³/mol. The van der Waals surface area contributed by atoms with Crippen LogP contribution in [-0.4, -0.2) is 21.1 Å². The van der Waals surface area contributed by atoms with Gasteiger partial charge >= 0.3 is 6.09 Å². The van der Waals surface area contributed by atoms with E-state index in [1.54, 1.807) is 18.5 Å². The van der Waals surface area contributed by atoms with Crippen molar-refractivity contribution >= 4 is 12.2 Å². The quantitative estimate of drug-likeness (QED) is 0.610. The summed E-state index contributed by atoms with van der Waals surface area (Å²) in [4.78, 5) is 14.8. The number of amides is 1. The standard InChI is InChI=1S/C8H8N2O2/c11-8(12)10-4-2-6-1-3-9-7(6)5-10/h1-4,9H,5H2,(H,11,12). The van der Waals surface area contributed by atoms with E-state index in [0.29, 0.717) is 6.54 Å². The molecule has 1 aromatic rings. The highest BCUT2D eigenvalue weighted by atomic mass is 16.4. The summed E-state index contributed by atoms with van der Waals surface area (Å²) < 4.78 is 0. The highest BCUT2D eigenvalue weighted by Crippen LogP contribution is 2.17. The lowest BCUT2D eigenvalue weighted by Crippen LogP contribution is -2.25. The highest BCUT2D eigenvalue weighted by molar-refractivity contribution is 5.70. The molecule has 2 rings (SSSR count). The molecule has 2 heterocycles. The molecule has 0 fully saturated rings. The number of hydrogen-bond donors (Lipinski definition) is 2. The van der Waals surface area contributed by atoms with Gasteiger partial charge in [-0.15, -0.1) is 0 Å². The van der Waals surface area contributed by atoms with Crippen molar-refractivity contribution in [3.05, 3.63) is 29.7 Å². The Morgan fingerprint density at radius 1 is 1.67 bits per heavy atom. The fraction of sp³-hybridized carbons (Fsp3) is 0.125. The molecule has 0 aliphatic carbocycles. The number of carboxylic acid groups (broad SMARTS) is 1. The van der Waals surface area contributed by atoms with E-state index in [-0.39, 0.29) is 0 Å². The van der Waals surface area contributed by atoms with Crippen molar-refractivity contribution in [2.45, 2.75) is 6.54 Å². The minimum atomic E-state index is -0.925. The van der Waals surface area contributed by atoms with Crippen LogP contribution in [0.15, 0.2) is 18.5 Å². The molecule has 0 saturated heterocycles. The van der Waals surface area contributed by atoms with Crippen molar-refractivity contribution in [3.63, 3.8) is 0 Å². The fourth-order valence-electron chi connectivity index (χ4n) is 1.23. The van der Waals surface area contributed by atoms with Crippen LogP contribution in [0.3, 0.4) is 0 Å². The van der Waals surface area contributed by atoms with Crippen LogP contribution in [-0.2, 0) is 6.54 Å². The second-order valence-corrected chi connectivity index (χ2v) is 2.64. The first-order valence-electron chi connectivity index (χ1n) is 3.61. The highest BCUT2D eigenvalue weighted by Gasteiger charge is 2.15. The van der Waals surface area contributed by atoms with Crippen molar-refractivity contribution < 1.29 is 9.90 Å². The molecule has 0 spiro atoms. The second-order valence-electron chi connectivity index (χ2n) is 2.64. The second kappa shape index (κ2) is 2.41. The predicted octanol–water partition coefficient (Wildman–Crippen LogP) is 1.48. The molecule has 0 bridgehead atoms. The van der Waals surface area contributed by atoms with Gasteiger partial charge in [-0.2, -0.15) is 0 Å². The maximum absolute atomic E-state index is 10.5. The van der Waals surface area contributed by atoms with Crippen LogP contribution in [0, 0.1) is 0 Å². The van der Waals surface area contributed by atoms with Gasteiger partial charge in [-0.3, -0.25) is 4.90 Å². The minimum Gasteiger partial charge on any atom is -0.465 e. The van der Waals surface area contributed by atoms with Crippen LogP contribution in [0.25, 0.3) is 6.08 Å². The Kier molecular flexibility index (Phi) is 1.40. The average Bonchev–Trinajstić information content (AvgIpc) is 2.49. The van der Waals surface area contributed by atoms with Gasteiger partial charge in [0.15, 0.2) is 0 Å². The number of hydrogen-bond acceptors (Lipinski definition) is 1. The lowest BCUT2D eigenvalue weighted by atomic mass is 10.2. The summed E-state index contributed by atoms with van der Waals surface area (Å²) in [5.74, 6) is 0. The first-order valence-corrected chi connectivity index (χ1v) is 3.61. The summed E-state index contributed by atoms with van der Waals surface area (Å²) in [7, 11) is 0. The van der Waals surface area contributed by atoms with E-state index in [1.165, 1.54) is 4.90 Å². The van der Waals surface area contributed by atoms with Gasteiger partial charge in [0.1, 0.15) is 0 Å². The number of nitrogens with one attached hydrogen (secondary N) is 1. The van der Waals surface area contributed by atoms with Crippen LogP contribution < -0.4 is 0 Å². The molecule has 1 aromatic heterocycles. The van der Waals surface area contributed by atoms with Gasteiger partial charge < -0.3 is 10.1 Å². The molecule has 0 unspecified atom stereocenters. The van der Waals surface area contributed by atoms with E-state index in [0.717, 1.165) is 11.3 Å². The lowest BCUT2D eigenvalue weighted by molar-refractivity contribution is 0.160. The van der Waals surface area contributed by atoms with Gasteiger partial charge in [0.2, 0.25) is 0 Å². The molecule has 2 N–H and O–H groups in total. The molecule has 1 aliphatic rings. The Balaban J connectivity index is 2.30. The molecule has 12 heavy (non-hydrogen) atoms. The zero-order valence-electron chi connectivity index (χ0n) is 6.32. The molecule has 4 nitrogen and oxygen atoms in total. The molecule has 1 amide bonds. The number of aromatic amines is 1. The maximum atomic E-state index is 10.5. The summed E-state index contributed by atoms with van der Waals surface area (Å²) in [5, 5.41) is 8.66. The van der Waals surface area contributed by atoms with Gasteiger partial charge in [0.05, 0.1) is 6.54 Å². The van der Waals surface area contributed by atoms with Gasteiger partial charge in [-0.25, -0.2) is 4.79 Å². The first-order chi connectivity index (χ1) is 5.77. The first kappa shape index (κ1) is 6.97. The number of nitrogens with zero attached hydrogens (tertiary/aromatic N) is 1. The van der Waals surface area contributed by atoms with Crippen molar-refractivity contribution in [1.82, 2.24) is 9.88 Å². The van der Waals surface area contributed by atoms with Crippen molar-refractivity contribution in [2.75, 3.05) is 0 Å². The van der Waals surface area contributed by atoms with E-state index in [9.17, 15) is 4.79 Å². The largest absolute Gasteiger partial charge is 0.465 e. The van der Waals surface area contributed by atoms with Gasteiger partial charge in [-0.1, -0.05) is 0 Å². The monoisotopic (exact) mass is 164 g/mol. The van der Waals surface area contributed by atoms with Crippen molar-refractivity contribution in [1.29, 1.82) is 0 Å². The maximum Gasteiger partial charge on any atom is 0.411 e. The SMILES string of the molecule is O=C(O)N1C=Cc2cc[nH]c2C1. The lowest BCUT2D eigenvalue weighted by Gasteiger charge is -2.17. The number of aromatic nitrogens is 1. The van der Waals surface area contributed by atoms with E-state index in [1.807, 2.05) is 6.07 Å². The summed E-state index contributed by atoms with van der Waals surface area (Å²) in [5.41, 5.74) is 2.01. The Hall–Kier alpha value is -1.71. The molecule has 0 saturated carbocycles. The number of carbonyl (C=O) groups is 1. The zero-order chi connectivity index (χ0) is 8.55. The Morgan fingerprint density at radius 3 is 3.25 bits per heavy atom. The molecule has 62 valence electrons. The average molecular weight is 164 g/mol. The third-order valence-corrected chi connectivity index (χ3v) is 1.88. The zero-order valence-corrected chi connectivity index (χ0v) is 6.32. The summed E-state index contributed by atoms with van der Waals surface area (Å²) in [6, 6.07) is 1.92. The third kappa shape index (κ3) is 0.972. The molecular weight excluding hydrogens is 156 g/mol. The van der Waals surface area contributed by atoms with Crippen LogP contribution in [0.4, 0.5) is 4.79 Å². The molecule has 0 radical (unpaired) electrons. The Bertz CT molecular complexity index is 341. The molecule has 4 heteroatoms. The van der Waals surface area contributed by atoms with E-state index in [2.05, 4.69) is 4.98 Å². The number of fused-ring (bicyclic) bond motifs is 1. The Morgan fingerprint density at radius 2 is 2.50 bits per heavy atom. The van der Waals surface area contributed by atoms with Gasteiger partial charge in [0, 0.05) is 18.1 Å². The van der Waals surface area contributed by atoms with Crippen LogP contribution in [0.1, 0.15) is 11.3 Å². The smallest absolute Gasteiger partial charge is 0.411 e. The van der Waals surface area contributed by atoms with E-state index < -0.39 is 6.09 Å². The fourth-order valence-corrected chi connectivity index (χ4v) is 1.23.